The molecule has 84 valence electrons. The largest absolute Gasteiger partial charge is 0.316 e. The van der Waals surface area contributed by atoms with E-state index in [-0.39, 0.29) is 0 Å². The van der Waals surface area contributed by atoms with Crippen LogP contribution in [0.25, 0.3) is 0 Å². The average Bonchev–Trinajstić information content (AvgIpc) is 2.67. The molecule has 2 heterocycles. The van der Waals surface area contributed by atoms with Crippen LogP contribution in [-0.2, 0) is 6.54 Å². The van der Waals surface area contributed by atoms with E-state index in [9.17, 15) is 0 Å². The highest BCUT2D eigenvalue weighted by atomic mass is 15.3. The van der Waals surface area contributed by atoms with E-state index in [4.69, 9.17) is 0 Å². The molecule has 15 heavy (non-hydrogen) atoms. The fraction of sp³-hybridized carbons (Fsp3) is 0.750. The van der Waals surface area contributed by atoms with E-state index in [1.54, 1.807) is 0 Å². The van der Waals surface area contributed by atoms with Gasteiger partial charge < -0.3 is 5.32 Å². The van der Waals surface area contributed by atoms with E-state index in [1.807, 2.05) is 6.20 Å². The number of piperidine rings is 1. The molecule has 2 atom stereocenters. The molecule has 0 amide bonds. The lowest BCUT2D eigenvalue weighted by atomic mass is 9.85. The van der Waals surface area contributed by atoms with Crippen LogP contribution in [0.1, 0.15) is 38.3 Å². The third kappa shape index (κ3) is 2.23. The zero-order valence-corrected chi connectivity index (χ0v) is 9.74. The lowest BCUT2D eigenvalue weighted by Gasteiger charge is -2.29. The number of nitrogens with one attached hydrogen (secondary N) is 1. The van der Waals surface area contributed by atoms with Crippen molar-refractivity contribution in [3.63, 3.8) is 0 Å². The zero-order chi connectivity index (χ0) is 10.7. The van der Waals surface area contributed by atoms with Crippen LogP contribution in [0.15, 0.2) is 12.3 Å². The van der Waals surface area contributed by atoms with Gasteiger partial charge in [-0.2, -0.15) is 5.10 Å². The number of nitrogens with zero attached hydrogens (tertiary/aromatic N) is 2. The number of aromatic nitrogens is 2. The zero-order valence-electron chi connectivity index (χ0n) is 9.74. The maximum absolute atomic E-state index is 4.41. The minimum Gasteiger partial charge on any atom is -0.316 e. The fourth-order valence-electron chi connectivity index (χ4n) is 2.51. The Balaban J connectivity index is 2.15. The van der Waals surface area contributed by atoms with E-state index in [0.29, 0.717) is 5.92 Å². The third-order valence-corrected chi connectivity index (χ3v) is 3.35. The Morgan fingerprint density at radius 1 is 1.60 bits per heavy atom. The smallest absolute Gasteiger partial charge is 0.0492 e. The maximum atomic E-state index is 4.41. The minimum atomic E-state index is 0.695. The molecule has 0 aliphatic carbocycles. The van der Waals surface area contributed by atoms with Gasteiger partial charge in [0.1, 0.15) is 0 Å². The van der Waals surface area contributed by atoms with Crippen LogP contribution in [-0.4, -0.2) is 22.9 Å². The van der Waals surface area contributed by atoms with Gasteiger partial charge in [0.2, 0.25) is 0 Å². The normalized spacial score (nSPS) is 26.8. The first-order chi connectivity index (χ1) is 7.33. The van der Waals surface area contributed by atoms with Crippen LogP contribution in [0, 0.1) is 5.92 Å². The molecule has 0 spiro atoms. The molecule has 2 unspecified atom stereocenters. The molecule has 2 rings (SSSR count). The van der Waals surface area contributed by atoms with E-state index in [2.05, 4.69) is 35.0 Å². The summed E-state index contributed by atoms with van der Waals surface area (Å²) < 4.78 is 2.19. The van der Waals surface area contributed by atoms with Gasteiger partial charge in [0, 0.05) is 24.4 Å². The maximum Gasteiger partial charge on any atom is 0.0492 e. The summed E-state index contributed by atoms with van der Waals surface area (Å²) in [4.78, 5) is 0. The van der Waals surface area contributed by atoms with Crippen molar-refractivity contribution in [1.29, 1.82) is 0 Å². The Morgan fingerprint density at radius 2 is 2.47 bits per heavy atom. The van der Waals surface area contributed by atoms with Crippen LogP contribution in [0.3, 0.4) is 0 Å². The molecule has 1 aromatic rings. The van der Waals surface area contributed by atoms with E-state index in [1.165, 1.54) is 12.1 Å². The van der Waals surface area contributed by atoms with Gasteiger partial charge >= 0.3 is 0 Å². The van der Waals surface area contributed by atoms with Gasteiger partial charge in [0.25, 0.3) is 0 Å². The highest BCUT2D eigenvalue weighted by molar-refractivity contribution is 5.10. The second-order valence-corrected chi connectivity index (χ2v) is 4.56. The lowest BCUT2D eigenvalue weighted by molar-refractivity contribution is 0.331. The topological polar surface area (TPSA) is 29.9 Å². The molecule has 0 aromatic carbocycles. The van der Waals surface area contributed by atoms with Crippen LogP contribution >= 0.6 is 0 Å². The molecular weight excluding hydrogens is 186 g/mol. The molecular formula is C12H21N3. The number of rotatable bonds is 3. The molecule has 3 nitrogen and oxygen atoms in total. The first-order valence-electron chi connectivity index (χ1n) is 6.05. The van der Waals surface area contributed by atoms with Gasteiger partial charge in [-0.3, -0.25) is 4.68 Å². The molecule has 1 fully saturated rings. The van der Waals surface area contributed by atoms with Crippen LogP contribution in [0.4, 0.5) is 0 Å². The summed E-state index contributed by atoms with van der Waals surface area (Å²) in [5.41, 5.74) is 1.44. The summed E-state index contributed by atoms with van der Waals surface area (Å²) in [6, 6.07) is 2.20. The van der Waals surface area contributed by atoms with Crippen LogP contribution in [0.5, 0.6) is 0 Å². The van der Waals surface area contributed by atoms with Gasteiger partial charge in [-0.1, -0.05) is 13.8 Å². The summed E-state index contributed by atoms with van der Waals surface area (Å²) in [5, 5.41) is 7.86. The molecule has 0 bridgehead atoms. The van der Waals surface area contributed by atoms with Crippen molar-refractivity contribution < 1.29 is 0 Å². The molecule has 1 N–H and O–H groups in total. The fourth-order valence-corrected chi connectivity index (χ4v) is 2.51. The van der Waals surface area contributed by atoms with Gasteiger partial charge in [0.15, 0.2) is 0 Å². The Hall–Kier alpha value is -0.830. The molecule has 1 aromatic heterocycles. The predicted molar refractivity (Wildman–Crippen MR) is 61.9 cm³/mol. The first-order valence-corrected chi connectivity index (χ1v) is 6.05. The number of aryl methyl sites for hydroxylation is 1. The predicted octanol–water partition coefficient (Wildman–Crippen LogP) is 2.01. The third-order valence-electron chi connectivity index (χ3n) is 3.35. The summed E-state index contributed by atoms with van der Waals surface area (Å²) >= 11 is 0. The molecule has 1 aliphatic heterocycles. The van der Waals surface area contributed by atoms with E-state index in [0.717, 1.165) is 32.0 Å². The quantitative estimate of drug-likeness (QED) is 0.821. The molecule has 1 aliphatic rings. The Labute approximate surface area is 91.9 Å². The van der Waals surface area contributed by atoms with Gasteiger partial charge in [-0.25, -0.2) is 0 Å². The van der Waals surface area contributed by atoms with Gasteiger partial charge in [-0.15, -0.1) is 0 Å². The standard InChI is InChI=1S/C12H21N3/c1-3-8-15-12(5-7-14-15)11-4-6-13-9-10(11)2/h5,7,10-11,13H,3-4,6,8-9H2,1-2H3. The Morgan fingerprint density at radius 3 is 3.20 bits per heavy atom. The highest BCUT2D eigenvalue weighted by Crippen LogP contribution is 2.29. The Kier molecular flexibility index (Phi) is 3.41. The SMILES string of the molecule is CCCn1nccc1C1CCNCC1C. The highest BCUT2D eigenvalue weighted by Gasteiger charge is 2.25. The monoisotopic (exact) mass is 207 g/mol. The summed E-state index contributed by atoms with van der Waals surface area (Å²) in [7, 11) is 0. The van der Waals surface area contributed by atoms with Gasteiger partial charge in [-0.05, 0) is 37.9 Å². The van der Waals surface area contributed by atoms with Crippen molar-refractivity contribution in [2.75, 3.05) is 13.1 Å². The van der Waals surface area contributed by atoms with Crippen LogP contribution < -0.4 is 5.32 Å². The molecule has 0 saturated carbocycles. The van der Waals surface area contributed by atoms with Crippen molar-refractivity contribution in [1.82, 2.24) is 15.1 Å². The second-order valence-electron chi connectivity index (χ2n) is 4.56. The molecule has 3 heteroatoms. The first kappa shape index (κ1) is 10.7. The number of hydrogen-bond acceptors (Lipinski definition) is 2. The average molecular weight is 207 g/mol. The summed E-state index contributed by atoms with van der Waals surface area (Å²) in [5.74, 6) is 1.42. The Bertz CT molecular complexity index is 306. The summed E-state index contributed by atoms with van der Waals surface area (Å²) in [6.07, 6.45) is 4.35. The van der Waals surface area contributed by atoms with E-state index >= 15 is 0 Å². The summed E-state index contributed by atoms with van der Waals surface area (Å²) in [6.45, 7) is 7.88. The van der Waals surface area contributed by atoms with Crippen LogP contribution in [0.2, 0.25) is 0 Å². The van der Waals surface area contributed by atoms with Crippen molar-refractivity contribution >= 4 is 0 Å². The minimum absolute atomic E-state index is 0.695. The van der Waals surface area contributed by atoms with Gasteiger partial charge in [0.05, 0.1) is 0 Å². The van der Waals surface area contributed by atoms with Crippen molar-refractivity contribution in [2.24, 2.45) is 5.92 Å². The second kappa shape index (κ2) is 4.79. The van der Waals surface area contributed by atoms with Crippen molar-refractivity contribution in [3.05, 3.63) is 18.0 Å². The number of hydrogen-bond donors (Lipinski definition) is 1. The van der Waals surface area contributed by atoms with E-state index < -0.39 is 0 Å². The van der Waals surface area contributed by atoms with Crippen molar-refractivity contribution in [2.45, 2.75) is 39.2 Å². The van der Waals surface area contributed by atoms with Crippen molar-refractivity contribution in [3.8, 4) is 0 Å². The molecule has 1 saturated heterocycles. The molecule has 0 radical (unpaired) electrons. The lowest BCUT2D eigenvalue weighted by Crippen LogP contribution is -2.34.